The molecule has 33 heavy (non-hydrogen) atoms. The lowest BCUT2D eigenvalue weighted by molar-refractivity contribution is 0.481. The number of para-hydroxylation sites is 1. The van der Waals surface area contributed by atoms with Crippen molar-refractivity contribution >= 4 is 9.84 Å². The topological polar surface area (TPSA) is 52.6 Å². The van der Waals surface area contributed by atoms with E-state index in [1.807, 2.05) is 42.5 Å². The van der Waals surface area contributed by atoms with Crippen molar-refractivity contribution in [3.8, 4) is 23.0 Å². The van der Waals surface area contributed by atoms with Gasteiger partial charge in [-0.3, -0.25) is 0 Å². The highest BCUT2D eigenvalue weighted by Gasteiger charge is 2.18. The second-order valence-corrected chi connectivity index (χ2v) is 10.2. The van der Waals surface area contributed by atoms with E-state index in [1.54, 1.807) is 48.5 Å². The van der Waals surface area contributed by atoms with Crippen LogP contribution in [0.25, 0.3) is 0 Å². The molecule has 0 N–H and O–H groups in total. The van der Waals surface area contributed by atoms with Gasteiger partial charge in [0.25, 0.3) is 0 Å². The van der Waals surface area contributed by atoms with Crippen LogP contribution in [0.2, 0.25) is 0 Å². The van der Waals surface area contributed by atoms with Crippen LogP contribution in [0.1, 0.15) is 19.4 Å². The molecule has 0 atom stereocenters. The molecular formula is C28H26O4S. The normalized spacial score (nSPS) is 11.4. The molecule has 0 unspecified atom stereocenters. The molecule has 0 aliphatic carbocycles. The molecule has 4 nitrogen and oxygen atoms in total. The predicted molar refractivity (Wildman–Crippen MR) is 130 cm³/mol. The van der Waals surface area contributed by atoms with Crippen LogP contribution in [-0.4, -0.2) is 8.42 Å². The lowest BCUT2D eigenvalue weighted by Gasteiger charge is -2.10. The number of sulfone groups is 1. The van der Waals surface area contributed by atoms with E-state index in [4.69, 9.17) is 9.47 Å². The van der Waals surface area contributed by atoms with E-state index in [-0.39, 0.29) is 9.79 Å². The zero-order valence-corrected chi connectivity index (χ0v) is 19.5. The van der Waals surface area contributed by atoms with Crippen molar-refractivity contribution in [3.63, 3.8) is 0 Å². The second kappa shape index (κ2) is 9.92. The quantitative estimate of drug-likeness (QED) is 0.278. The maximum Gasteiger partial charge on any atom is 0.206 e. The van der Waals surface area contributed by atoms with E-state index >= 15 is 0 Å². The SMILES string of the molecule is CC(C)Cc1ccc(Oc2ccc(S(=O)(=O)c3ccc(Oc4ccccc4)cc3)cc2)cc1. The van der Waals surface area contributed by atoms with Crippen molar-refractivity contribution in [1.29, 1.82) is 0 Å². The van der Waals surface area contributed by atoms with Crippen molar-refractivity contribution in [1.82, 2.24) is 0 Å². The van der Waals surface area contributed by atoms with Gasteiger partial charge in [-0.1, -0.05) is 44.2 Å². The highest BCUT2D eigenvalue weighted by Crippen LogP contribution is 2.28. The lowest BCUT2D eigenvalue weighted by Crippen LogP contribution is -2.01. The van der Waals surface area contributed by atoms with E-state index in [0.717, 1.165) is 6.42 Å². The summed E-state index contributed by atoms with van der Waals surface area (Å²) in [6, 6.07) is 30.2. The Balaban J connectivity index is 1.44. The Labute approximate surface area is 195 Å². The van der Waals surface area contributed by atoms with E-state index in [1.165, 1.54) is 5.56 Å². The van der Waals surface area contributed by atoms with Gasteiger partial charge in [-0.25, -0.2) is 8.42 Å². The molecule has 0 radical (unpaired) electrons. The van der Waals surface area contributed by atoms with Crippen molar-refractivity contribution < 1.29 is 17.9 Å². The number of ether oxygens (including phenoxy) is 2. The van der Waals surface area contributed by atoms with Crippen LogP contribution in [0.15, 0.2) is 113 Å². The number of benzene rings is 4. The first kappa shape index (κ1) is 22.6. The largest absolute Gasteiger partial charge is 0.457 e. The van der Waals surface area contributed by atoms with Crippen molar-refractivity contribution in [2.45, 2.75) is 30.1 Å². The fourth-order valence-corrected chi connectivity index (χ4v) is 4.70. The van der Waals surface area contributed by atoms with Crippen LogP contribution in [-0.2, 0) is 16.3 Å². The summed E-state index contributed by atoms with van der Waals surface area (Å²) in [6.45, 7) is 4.37. The molecule has 0 saturated heterocycles. The van der Waals surface area contributed by atoms with Crippen molar-refractivity contribution in [2.24, 2.45) is 5.92 Å². The third-order valence-electron chi connectivity index (χ3n) is 5.05. The summed E-state index contributed by atoms with van der Waals surface area (Å²) >= 11 is 0. The Kier molecular flexibility index (Phi) is 6.80. The lowest BCUT2D eigenvalue weighted by atomic mass is 10.0. The summed E-state index contributed by atoms with van der Waals surface area (Å²) < 4.78 is 37.6. The van der Waals surface area contributed by atoms with Gasteiger partial charge in [0.05, 0.1) is 9.79 Å². The Morgan fingerprint density at radius 1 is 0.576 bits per heavy atom. The van der Waals surface area contributed by atoms with Gasteiger partial charge in [-0.15, -0.1) is 0 Å². The minimum Gasteiger partial charge on any atom is -0.457 e. The molecule has 4 aromatic carbocycles. The number of hydrogen-bond acceptors (Lipinski definition) is 4. The molecule has 0 bridgehead atoms. The van der Waals surface area contributed by atoms with Gasteiger partial charge in [0.15, 0.2) is 0 Å². The van der Waals surface area contributed by atoms with Crippen molar-refractivity contribution in [3.05, 3.63) is 109 Å². The van der Waals surface area contributed by atoms with E-state index in [0.29, 0.717) is 28.9 Å². The zero-order valence-electron chi connectivity index (χ0n) is 18.6. The Bertz CT molecular complexity index is 1280. The third-order valence-corrected chi connectivity index (χ3v) is 6.84. The van der Waals surface area contributed by atoms with Crippen LogP contribution in [0.3, 0.4) is 0 Å². The molecular weight excluding hydrogens is 432 g/mol. The van der Waals surface area contributed by atoms with Gasteiger partial charge >= 0.3 is 0 Å². The molecule has 0 amide bonds. The predicted octanol–water partition coefficient (Wildman–Crippen LogP) is 7.30. The molecule has 5 heteroatoms. The first-order valence-corrected chi connectivity index (χ1v) is 12.3. The molecule has 0 saturated carbocycles. The van der Waals surface area contributed by atoms with Gasteiger partial charge in [0.1, 0.15) is 23.0 Å². The molecule has 0 fully saturated rings. The average molecular weight is 459 g/mol. The van der Waals surface area contributed by atoms with E-state index < -0.39 is 9.84 Å². The summed E-state index contributed by atoms with van der Waals surface area (Å²) in [6.07, 6.45) is 1.02. The van der Waals surface area contributed by atoms with Crippen LogP contribution in [0.5, 0.6) is 23.0 Å². The van der Waals surface area contributed by atoms with Gasteiger partial charge in [0.2, 0.25) is 9.84 Å². The molecule has 4 rings (SSSR count). The standard InChI is InChI=1S/C28H26O4S/c1-21(2)20-22-8-10-24(11-9-22)32-26-14-18-28(19-15-26)33(29,30)27-16-12-25(13-17-27)31-23-6-4-3-5-7-23/h3-19,21H,20H2,1-2H3. The molecule has 0 aliphatic rings. The summed E-state index contributed by atoms with van der Waals surface area (Å²) in [7, 11) is -3.65. The van der Waals surface area contributed by atoms with Gasteiger partial charge < -0.3 is 9.47 Å². The van der Waals surface area contributed by atoms with Gasteiger partial charge in [0, 0.05) is 0 Å². The first-order chi connectivity index (χ1) is 15.9. The molecule has 0 heterocycles. The second-order valence-electron chi connectivity index (χ2n) is 8.21. The Morgan fingerprint density at radius 2 is 0.970 bits per heavy atom. The minimum atomic E-state index is -3.65. The third kappa shape index (κ3) is 5.82. The fourth-order valence-electron chi connectivity index (χ4n) is 3.44. The van der Waals surface area contributed by atoms with E-state index in [2.05, 4.69) is 26.0 Å². The summed E-state index contributed by atoms with van der Waals surface area (Å²) in [4.78, 5) is 0.413. The molecule has 0 aromatic heterocycles. The fraction of sp³-hybridized carbons (Fsp3) is 0.143. The van der Waals surface area contributed by atoms with Crippen LogP contribution in [0, 0.1) is 5.92 Å². The molecule has 4 aromatic rings. The smallest absolute Gasteiger partial charge is 0.206 e. The highest BCUT2D eigenvalue weighted by atomic mass is 32.2. The van der Waals surface area contributed by atoms with Crippen molar-refractivity contribution in [2.75, 3.05) is 0 Å². The van der Waals surface area contributed by atoms with Gasteiger partial charge in [-0.2, -0.15) is 0 Å². The molecule has 168 valence electrons. The highest BCUT2D eigenvalue weighted by molar-refractivity contribution is 7.91. The zero-order chi connectivity index (χ0) is 23.3. The van der Waals surface area contributed by atoms with Crippen LogP contribution < -0.4 is 9.47 Å². The minimum absolute atomic E-state index is 0.206. The maximum absolute atomic E-state index is 13.0. The summed E-state index contributed by atoms with van der Waals surface area (Å²) in [5, 5.41) is 0. The van der Waals surface area contributed by atoms with Gasteiger partial charge in [-0.05, 0) is 90.7 Å². The maximum atomic E-state index is 13.0. The number of hydrogen-bond donors (Lipinski definition) is 0. The Hall–Kier alpha value is -3.57. The first-order valence-electron chi connectivity index (χ1n) is 10.8. The monoisotopic (exact) mass is 458 g/mol. The Morgan fingerprint density at radius 3 is 1.39 bits per heavy atom. The average Bonchev–Trinajstić information content (AvgIpc) is 2.81. The molecule has 0 spiro atoms. The molecule has 0 aliphatic heterocycles. The summed E-state index contributed by atoms with van der Waals surface area (Å²) in [5.41, 5.74) is 1.26. The summed E-state index contributed by atoms with van der Waals surface area (Å²) in [5.74, 6) is 3.16. The van der Waals surface area contributed by atoms with E-state index in [9.17, 15) is 8.42 Å². The van der Waals surface area contributed by atoms with Crippen LogP contribution in [0.4, 0.5) is 0 Å². The van der Waals surface area contributed by atoms with Crippen LogP contribution >= 0.6 is 0 Å². The number of rotatable bonds is 8.